The Labute approximate surface area is 185 Å². The van der Waals surface area contributed by atoms with Gasteiger partial charge in [-0.2, -0.15) is 12.6 Å². The Morgan fingerprint density at radius 3 is 1.48 bits per heavy atom. The van der Waals surface area contributed by atoms with Crippen LogP contribution in [0.25, 0.3) is 0 Å². The van der Waals surface area contributed by atoms with Gasteiger partial charge in [-0.1, -0.05) is 48.5 Å². The summed E-state index contributed by atoms with van der Waals surface area (Å²) < 4.78 is -0.621. The van der Waals surface area contributed by atoms with Gasteiger partial charge in [-0.15, -0.1) is 12.6 Å². The van der Waals surface area contributed by atoms with Crippen molar-refractivity contribution in [1.29, 1.82) is 0 Å². The number of benzene rings is 2. The lowest BCUT2D eigenvalue weighted by molar-refractivity contribution is -0.120. The van der Waals surface area contributed by atoms with Crippen LogP contribution in [0.1, 0.15) is 43.0 Å². The summed E-state index contributed by atoms with van der Waals surface area (Å²) in [4.78, 5) is 22.6. The lowest BCUT2D eigenvalue weighted by Crippen LogP contribution is -2.45. The maximum Gasteiger partial charge on any atom is 0.160 e. The monoisotopic (exact) mass is 429 g/mol. The SMILES string of the molecule is CN[C@](S)(Cc1ccc(CCc2ccc(CC(C)(S)C(C)=O)cc2)cc1)C(C)=O. The number of nitrogens with one attached hydrogen (secondary N) is 1. The maximum absolute atomic E-state index is 11.8. The number of rotatable bonds is 10. The molecule has 0 fully saturated rings. The first kappa shape index (κ1) is 23.7. The molecule has 2 aromatic carbocycles. The van der Waals surface area contributed by atoms with Crippen LogP contribution in [-0.4, -0.2) is 28.2 Å². The summed E-state index contributed by atoms with van der Waals surface area (Å²) in [7, 11) is 1.75. The van der Waals surface area contributed by atoms with Gasteiger partial charge in [0.2, 0.25) is 0 Å². The Balaban J connectivity index is 1.93. The summed E-state index contributed by atoms with van der Waals surface area (Å²) in [6.07, 6.45) is 3.08. The molecule has 2 aromatic rings. The molecule has 29 heavy (non-hydrogen) atoms. The van der Waals surface area contributed by atoms with Crippen molar-refractivity contribution in [3.63, 3.8) is 0 Å². The Morgan fingerprint density at radius 1 is 0.759 bits per heavy atom. The fraction of sp³-hybridized carbons (Fsp3) is 0.417. The van der Waals surface area contributed by atoms with E-state index in [1.165, 1.54) is 11.1 Å². The van der Waals surface area contributed by atoms with E-state index >= 15 is 0 Å². The fourth-order valence-corrected chi connectivity index (χ4v) is 3.51. The van der Waals surface area contributed by atoms with Crippen molar-refractivity contribution < 1.29 is 9.59 Å². The van der Waals surface area contributed by atoms with Crippen molar-refractivity contribution in [1.82, 2.24) is 5.32 Å². The fourth-order valence-electron chi connectivity index (χ4n) is 3.14. The Morgan fingerprint density at radius 2 is 1.14 bits per heavy atom. The molecule has 2 rings (SSSR count). The average molecular weight is 430 g/mol. The van der Waals surface area contributed by atoms with Crippen LogP contribution in [0.5, 0.6) is 0 Å². The van der Waals surface area contributed by atoms with Crippen molar-refractivity contribution >= 4 is 36.8 Å². The zero-order valence-corrected chi connectivity index (χ0v) is 19.4. The Kier molecular flexibility index (Phi) is 8.15. The van der Waals surface area contributed by atoms with Crippen molar-refractivity contribution in [3.05, 3.63) is 70.8 Å². The summed E-state index contributed by atoms with van der Waals surface area (Å²) in [5, 5.41) is 3.00. The Hall–Kier alpha value is -1.56. The third-order valence-corrected chi connectivity index (χ3v) is 6.68. The van der Waals surface area contributed by atoms with Crippen molar-refractivity contribution in [2.75, 3.05) is 7.05 Å². The first-order valence-electron chi connectivity index (χ1n) is 9.87. The molecule has 2 atom stereocenters. The van der Waals surface area contributed by atoms with Gasteiger partial charge in [-0.05, 0) is 69.3 Å². The topological polar surface area (TPSA) is 46.2 Å². The number of hydrogen-bond donors (Lipinski definition) is 3. The smallest absolute Gasteiger partial charge is 0.160 e. The number of likely N-dealkylation sites (N-methyl/N-ethyl adjacent to an activating group) is 1. The normalized spacial score (nSPS) is 15.4. The van der Waals surface area contributed by atoms with Crippen LogP contribution in [0.3, 0.4) is 0 Å². The van der Waals surface area contributed by atoms with E-state index in [2.05, 4.69) is 79.1 Å². The van der Waals surface area contributed by atoms with Crippen molar-refractivity contribution in [2.45, 2.75) is 56.1 Å². The molecule has 0 aliphatic carbocycles. The molecule has 0 saturated carbocycles. The summed E-state index contributed by atoms with van der Waals surface area (Å²) in [5.74, 6) is 0.0962. The van der Waals surface area contributed by atoms with Crippen molar-refractivity contribution in [2.24, 2.45) is 0 Å². The van der Waals surface area contributed by atoms with Crippen LogP contribution in [0.2, 0.25) is 0 Å². The van der Waals surface area contributed by atoms with E-state index in [-0.39, 0.29) is 11.6 Å². The molecule has 5 heteroatoms. The van der Waals surface area contributed by atoms with E-state index in [9.17, 15) is 9.59 Å². The van der Waals surface area contributed by atoms with Gasteiger partial charge in [-0.25, -0.2) is 0 Å². The second kappa shape index (κ2) is 9.96. The van der Waals surface area contributed by atoms with Gasteiger partial charge in [0.1, 0.15) is 10.7 Å². The number of carbonyl (C=O) groups is 2. The molecule has 1 N–H and O–H groups in total. The number of ketones is 2. The summed E-state index contributed by atoms with van der Waals surface area (Å²) in [5.41, 5.74) is 4.73. The van der Waals surface area contributed by atoms with Crippen LogP contribution in [0.4, 0.5) is 0 Å². The molecule has 0 amide bonds. The molecule has 0 heterocycles. The minimum atomic E-state index is -0.825. The second-order valence-electron chi connectivity index (χ2n) is 7.98. The molecule has 0 bridgehead atoms. The van der Waals surface area contributed by atoms with Gasteiger partial charge >= 0.3 is 0 Å². The molecule has 1 unspecified atom stereocenters. The minimum absolute atomic E-state index is 0.0115. The standard InChI is InChI=1S/C24H31NO2S2/c1-17(26)23(3,28)15-21-11-7-19(8-12-21)5-6-20-9-13-22(14-10-20)16-24(29,25-4)18(2)27/h7-14,25,28-29H,5-6,15-16H2,1-4H3/t23?,24-/m0/s1. The zero-order chi connectivity index (χ0) is 21.7. The zero-order valence-electron chi connectivity index (χ0n) is 17.7. The van der Waals surface area contributed by atoms with E-state index in [1.807, 2.05) is 6.92 Å². The first-order chi connectivity index (χ1) is 13.6. The maximum atomic E-state index is 11.8. The van der Waals surface area contributed by atoms with E-state index in [0.29, 0.717) is 12.8 Å². The number of Topliss-reactive ketones (excluding diaryl/α,β-unsaturated/α-hetero) is 2. The summed E-state index contributed by atoms with van der Waals surface area (Å²) in [6, 6.07) is 16.8. The summed E-state index contributed by atoms with van der Waals surface area (Å²) in [6.45, 7) is 5.00. The molecule has 0 aliphatic heterocycles. The van der Waals surface area contributed by atoms with Crippen LogP contribution < -0.4 is 5.32 Å². The van der Waals surface area contributed by atoms with E-state index in [4.69, 9.17) is 0 Å². The molecular weight excluding hydrogens is 398 g/mol. The van der Waals surface area contributed by atoms with E-state index in [0.717, 1.165) is 24.0 Å². The van der Waals surface area contributed by atoms with E-state index in [1.54, 1.807) is 20.9 Å². The van der Waals surface area contributed by atoms with Gasteiger partial charge in [-0.3, -0.25) is 14.9 Å². The van der Waals surface area contributed by atoms with Gasteiger partial charge in [0.15, 0.2) is 5.78 Å². The molecule has 3 nitrogen and oxygen atoms in total. The number of hydrogen-bond acceptors (Lipinski definition) is 5. The van der Waals surface area contributed by atoms with Crippen LogP contribution in [0.15, 0.2) is 48.5 Å². The summed E-state index contributed by atoms with van der Waals surface area (Å²) >= 11 is 8.98. The highest BCUT2D eigenvalue weighted by molar-refractivity contribution is 7.83. The third-order valence-electron chi connectivity index (χ3n) is 5.51. The van der Waals surface area contributed by atoms with E-state index < -0.39 is 9.62 Å². The first-order valence-corrected chi connectivity index (χ1v) is 10.8. The van der Waals surface area contributed by atoms with Gasteiger partial charge in [0.05, 0.1) is 4.75 Å². The van der Waals surface area contributed by atoms with Gasteiger partial charge in [0.25, 0.3) is 0 Å². The minimum Gasteiger partial charge on any atom is -0.300 e. The Bertz CT molecular complexity index is 844. The highest BCUT2D eigenvalue weighted by Crippen LogP contribution is 2.22. The highest BCUT2D eigenvalue weighted by atomic mass is 32.1. The van der Waals surface area contributed by atoms with Crippen molar-refractivity contribution in [3.8, 4) is 0 Å². The number of carbonyl (C=O) groups excluding carboxylic acids is 2. The van der Waals surface area contributed by atoms with Crippen LogP contribution >= 0.6 is 25.3 Å². The number of aryl methyl sites for hydroxylation is 2. The molecule has 0 saturated heterocycles. The average Bonchev–Trinajstić information content (AvgIpc) is 2.68. The quantitative estimate of drug-likeness (QED) is 0.390. The van der Waals surface area contributed by atoms with Crippen LogP contribution in [-0.2, 0) is 35.3 Å². The predicted molar refractivity (Wildman–Crippen MR) is 127 cm³/mol. The molecule has 156 valence electrons. The second-order valence-corrected chi connectivity index (χ2v) is 9.73. The lowest BCUT2D eigenvalue weighted by Gasteiger charge is -2.25. The molecule has 0 aliphatic rings. The largest absolute Gasteiger partial charge is 0.300 e. The lowest BCUT2D eigenvalue weighted by atomic mass is 9.95. The predicted octanol–water partition coefficient (Wildman–Crippen LogP) is 4.27. The number of thiol groups is 2. The highest BCUT2D eigenvalue weighted by Gasteiger charge is 2.29. The molecular formula is C24H31NO2S2. The van der Waals surface area contributed by atoms with Gasteiger partial charge < -0.3 is 0 Å². The van der Waals surface area contributed by atoms with Gasteiger partial charge in [0, 0.05) is 6.42 Å². The third kappa shape index (κ3) is 6.73. The molecule has 0 aromatic heterocycles. The molecule has 0 radical (unpaired) electrons. The molecule has 0 spiro atoms. The van der Waals surface area contributed by atoms with Crippen LogP contribution in [0, 0.1) is 0 Å².